The summed E-state index contributed by atoms with van der Waals surface area (Å²) in [5.41, 5.74) is -1.08. The average Bonchev–Trinajstić information content (AvgIpc) is 3.01. The van der Waals surface area contributed by atoms with Gasteiger partial charge in [0, 0.05) is 11.3 Å². The van der Waals surface area contributed by atoms with E-state index in [2.05, 4.69) is 25.7 Å². The molecule has 2 saturated carbocycles. The molecule has 2 bridgehead atoms. The van der Waals surface area contributed by atoms with Crippen molar-refractivity contribution >= 4 is 38.2 Å². The summed E-state index contributed by atoms with van der Waals surface area (Å²) in [6.45, 7) is 7.22. The van der Waals surface area contributed by atoms with Crippen molar-refractivity contribution in [1.29, 1.82) is 0 Å². The summed E-state index contributed by atoms with van der Waals surface area (Å²) < 4.78 is 35.1. The molecule has 8 heteroatoms. The fraction of sp³-hybridized carbons (Fsp3) is 0.846. The van der Waals surface area contributed by atoms with Crippen LogP contribution >= 0.6 is 15.9 Å². The molecule has 2 aliphatic carbocycles. The van der Waals surface area contributed by atoms with Crippen LogP contribution in [0.1, 0.15) is 33.6 Å². The Labute approximate surface area is 133 Å². The summed E-state index contributed by atoms with van der Waals surface area (Å²) >= 11 is 3.01. The first-order chi connectivity index (χ1) is 9.49. The minimum absolute atomic E-state index is 0.368. The second-order valence-electron chi connectivity index (χ2n) is 6.48. The molecule has 1 aliphatic heterocycles. The lowest BCUT2D eigenvalue weighted by Gasteiger charge is -2.31. The van der Waals surface area contributed by atoms with Crippen LogP contribution in [0, 0.1) is 16.7 Å². The van der Waals surface area contributed by atoms with Crippen molar-refractivity contribution in [1.82, 2.24) is 0 Å². The zero-order valence-electron chi connectivity index (χ0n) is 12.3. The van der Waals surface area contributed by atoms with Gasteiger partial charge in [0.1, 0.15) is 6.61 Å². The summed E-state index contributed by atoms with van der Waals surface area (Å²) in [7, 11) is -4.42. The van der Waals surface area contributed by atoms with Gasteiger partial charge in [-0.3, -0.25) is 14.3 Å². The lowest BCUT2D eigenvalue weighted by atomic mass is 9.70. The zero-order chi connectivity index (χ0) is 16.1. The minimum Gasteiger partial charge on any atom is -0.482 e. The zero-order valence-corrected chi connectivity index (χ0v) is 14.7. The topological polar surface area (TPSA) is 93.0 Å². The van der Waals surface area contributed by atoms with Gasteiger partial charge in [-0.05, 0) is 18.3 Å². The van der Waals surface area contributed by atoms with Crippen LogP contribution in [0.15, 0.2) is 4.99 Å². The molecule has 3 rings (SSSR count). The van der Waals surface area contributed by atoms with Crippen LogP contribution < -0.4 is 0 Å². The van der Waals surface area contributed by atoms with Gasteiger partial charge in [-0.15, -0.1) is 0 Å². The van der Waals surface area contributed by atoms with Gasteiger partial charge in [-0.25, -0.2) is 0 Å². The predicted octanol–water partition coefficient (Wildman–Crippen LogP) is 2.04. The lowest BCUT2D eigenvalue weighted by Crippen LogP contribution is -2.47. The largest absolute Gasteiger partial charge is 0.482 e. The second kappa shape index (κ2) is 5.03. The Morgan fingerprint density at radius 1 is 1.43 bits per heavy atom. The summed E-state index contributed by atoms with van der Waals surface area (Å²) in [5.74, 6) is -0.767. The van der Waals surface area contributed by atoms with Crippen LogP contribution in [0.2, 0.25) is 0 Å². The highest BCUT2D eigenvalue weighted by atomic mass is 79.9. The molecule has 0 saturated heterocycles. The molecule has 3 aliphatic rings. The molecule has 3 unspecified atom stereocenters. The number of hydrogen-bond acceptors (Lipinski definition) is 5. The Morgan fingerprint density at radius 3 is 2.29 bits per heavy atom. The number of halogens is 1. The van der Waals surface area contributed by atoms with Crippen LogP contribution in [-0.4, -0.2) is 42.0 Å². The second-order valence-corrected chi connectivity index (χ2v) is 9.85. The summed E-state index contributed by atoms with van der Waals surface area (Å²) in [6.07, 6.45) is 2.81. The molecular formula is C13H20BrNO5S. The van der Waals surface area contributed by atoms with E-state index in [-0.39, 0.29) is 5.92 Å². The molecule has 0 aromatic rings. The number of carbonyl (C=O) groups excluding carboxylic acids is 1. The first-order valence-electron chi connectivity index (χ1n) is 6.80. The summed E-state index contributed by atoms with van der Waals surface area (Å²) in [4.78, 5) is 16.0. The molecule has 21 heavy (non-hydrogen) atoms. The van der Waals surface area contributed by atoms with Gasteiger partial charge in [0.05, 0.1) is 6.54 Å². The maximum absolute atomic E-state index is 12.3. The van der Waals surface area contributed by atoms with Gasteiger partial charge < -0.3 is 4.74 Å². The average molecular weight is 382 g/mol. The van der Waals surface area contributed by atoms with E-state index >= 15 is 0 Å². The molecule has 1 N–H and O–H groups in total. The van der Waals surface area contributed by atoms with E-state index in [1.165, 1.54) is 6.40 Å². The molecule has 0 aromatic heterocycles. The number of aliphatic imine (C=N–C) groups is 1. The first kappa shape index (κ1) is 16.9. The van der Waals surface area contributed by atoms with Crippen molar-refractivity contribution in [2.75, 3.05) is 13.2 Å². The number of alkyl halides is 1. The van der Waals surface area contributed by atoms with E-state index in [4.69, 9.17) is 0 Å². The number of Topliss-reactive ketones (excluding diaryl/α,β-unsaturated/α-hetero) is 1. The Morgan fingerprint density at radius 2 is 2.05 bits per heavy atom. The van der Waals surface area contributed by atoms with Crippen molar-refractivity contribution in [3.63, 3.8) is 0 Å². The smallest absolute Gasteiger partial charge is 0.288 e. The van der Waals surface area contributed by atoms with E-state index in [1.807, 2.05) is 13.8 Å². The van der Waals surface area contributed by atoms with Crippen LogP contribution in [0.3, 0.4) is 0 Å². The van der Waals surface area contributed by atoms with E-state index in [0.29, 0.717) is 12.8 Å². The predicted molar refractivity (Wildman–Crippen MR) is 82.1 cm³/mol. The van der Waals surface area contributed by atoms with Crippen molar-refractivity contribution in [2.24, 2.45) is 21.7 Å². The fourth-order valence-corrected chi connectivity index (χ4v) is 6.12. The Kier molecular flexibility index (Phi) is 4.04. The standard InChI is InChI=1S/C10H15BrO4S.C3H5NO/c1-8(2)6-4-5-9(8,3)7(12)10(6,11)16(13,14)15;1-2-5-3-4-1/h6H,4-5H2,1-3H3,(H,13,14,15);3H,1-2H2. The van der Waals surface area contributed by atoms with Crippen molar-refractivity contribution in [2.45, 2.75) is 37.3 Å². The molecule has 0 amide bonds. The number of carbonyl (C=O) groups is 1. The highest BCUT2D eigenvalue weighted by molar-refractivity contribution is 9.12. The molecule has 120 valence electrons. The third kappa shape index (κ3) is 2.17. The van der Waals surface area contributed by atoms with E-state index in [0.717, 1.165) is 13.2 Å². The van der Waals surface area contributed by atoms with Gasteiger partial charge in [0.2, 0.25) is 3.66 Å². The van der Waals surface area contributed by atoms with Crippen LogP contribution in [0.5, 0.6) is 0 Å². The highest BCUT2D eigenvalue weighted by Gasteiger charge is 2.76. The molecule has 3 atom stereocenters. The molecule has 1 heterocycles. The third-order valence-corrected chi connectivity index (χ3v) is 8.71. The van der Waals surface area contributed by atoms with E-state index < -0.39 is 30.4 Å². The van der Waals surface area contributed by atoms with E-state index in [1.54, 1.807) is 6.92 Å². The SMILES string of the molecule is C1=NCCO1.CC12CCC(C1(C)C)C(Br)(S(=O)(=O)O)C2=O. The maximum Gasteiger partial charge on any atom is 0.288 e. The number of hydrogen-bond donors (Lipinski definition) is 1. The maximum atomic E-state index is 12.3. The minimum atomic E-state index is -4.42. The van der Waals surface area contributed by atoms with Gasteiger partial charge in [0.15, 0.2) is 12.2 Å². The Hall–Kier alpha value is -0.470. The molecule has 0 aromatic carbocycles. The van der Waals surface area contributed by atoms with Crippen LogP contribution in [0.25, 0.3) is 0 Å². The molecule has 0 spiro atoms. The molecule has 0 radical (unpaired) electrons. The number of ketones is 1. The quantitative estimate of drug-likeness (QED) is 0.553. The fourth-order valence-electron chi connectivity index (χ4n) is 3.65. The van der Waals surface area contributed by atoms with Gasteiger partial charge in [-0.1, -0.05) is 36.7 Å². The Bertz CT molecular complexity index is 581. The number of fused-ring (bicyclic) bond motifs is 2. The van der Waals surface area contributed by atoms with Crippen LogP contribution in [-0.2, 0) is 19.6 Å². The van der Waals surface area contributed by atoms with Gasteiger partial charge in [0.25, 0.3) is 10.1 Å². The lowest BCUT2D eigenvalue weighted by molar-refractivity contribution is -0.128. The Balaban J connectivity index is 0.000000272. The molecular weight excluding hydrogens is 362 g/mol. The number of rotatable bonds is 1. The third-order valence-electron chi connectivity index (χ3n) is 5.35. The van der Waals surface area contributed by atoms with E-state index in [9.17, 15) is 17.8 Å². The highest BCUT2D eigenvalue weighted by Crippen LogP contribution is 2.70. The van der Waals surface area contributed by atoms with Crippen molar-refractivity contribution in [3.8, 4) is 0 Å². The summed E-state index contributed by atoms with van der Waals surface area (Å²) in [5, 5.41) is 0. The number of nitrogens with zero attached hydrogens (tertiary/aromatic N) is 1. The monoisotopic (exact) mass is 381 g/mol. The normalized spacial score (nSPS) is 39.9. The van der Waals surface area contributed by atoms with Crippen molar-refractivity contribution in [3.05, 3.63) is 0 Å². The van der Waals surface area contributed by atoms with Gasteiger partial charge in [-0.2, -0.15) is 8.42 Å². The van der Waals surface area contributed by atoms with Crippen molar-refractivity contribution < 1.29 is 22.5 Å². The summed E-state index contributed by atoms with van der Waals surface area (Å²) in [6, 6.07) is 0. The van der Waals surface area contributed by atoms with Crippen LogP contribution in [0.4, 0.5) is 0 Å². The number of ether oxygens (including phenoxy) is 1. The first-order valence-corrected chi connectivity index (χ1v) is 9.03. The van der Waals surface area contributed by atoms with Gasteiger partial charge >= 0.3 is 0 Å². The molecule has 6 nitrogen and oxygen atoms in total. The molecule has 2 fully saturated rings.